The summed E-state index contributed by atoms with van der Waals surface area (Å²) in [7, 11) is 0.0243. The smallest absolute Gasteiger partial charge is 0.192 e. The number of hydrogen-bond acceptors (Lipinski definition) is 2. The molecule has 1 aromatic carbocycles. The Hall–Kier alpha value is -1.06. The largest absolute Gasteiger partial charge is 0.497 e. The first kappa shape index (κ1) is 21.8. The van der Waals surface area contributed by atoms with Crippen LogP contribution in [0.3, 0.4) is 0 Å². The first-order chi connectivity index (χ1) is 14.5. The van der Waals surface area contributed by atoms with Crippen LogP contribution < -0.4 is 4.74 Å². The van der Waals surface area contributed by atoms with E-state index in [9.17, 15) is 0 Å². The Bertz CT molecular complexity index is 923. The molecule has 0 unspecified atom stereocenters. The van der Waals surface area contributed by atoms with Crippen molar-refractivity contribution in [2.75, 3.05) is 7.11 Å². The van der Waals surface area contributed by atoms with E-state index in [2.05, 4.69) is 59.0 Å². The van der Waals surface area contributed by atoms with Gasteiger partial charge in [-0.2, -0.15) is 0 Å². The van der Waals surface area contributed by atoms with E-state index in [1.165, 1.54) is 51.4 Å². The quantitative estimate of drug-likeness (QED) is 0.358. The van der Waals surface area contributed by atoms with Gasteiger partial charge in [-0.15, -0.1) is 0 Å². The van der Waals surface area contributed by atoms with E-state index in [-0.39, 0.29) is 10.5 Å². The molecule has 170 valence electrons. The van der Waals surface area contributed by atoms with E-state index in [0.29, 0.717) is 11.5 Å². The summed E-state index contributed by atoms with van der Waals surface area (Å²) in [6.07, 6.45) is 10.8. The van der Waals surface area contributed by atoms with Crippen LogP contribution in [0.4, 0.5) is 0 Å². The molecule has 4 aliphatic rings. The maximum atomic E-state index is 7.12. The Morgan fingerprint density at radius 2 is 1.84 bits per heavy atom. The zero-order chi connectivity index (χ0) is 22.2. The van der Waals surface area contributed by atoms with Gasteiger partial charge in [-0.3, -0.25) is 0 Å². The third-order valence-electron chi connectivity index (χ3n) is 10.1. The molecule has 2 nitrogen and oxygen atoms in total. The van der Waals surface area contributed by atoms with Gasteiger partial charge in [0.05, 0.1) is 13.2 Å². The SMILES string of the molecule is COc1ccc2c(c1)C[C@H]1CCC[C@@]23CC[C@@]2(C)C(=C13)CC[C@@H]2O[Si](C)(C)C(C)(C)C. The fraction of sp³-hybridized carbons (Fsp3) is 0.714. The van der Waals surface area contributed by atoms with Crippen molar-refractivity contribution in [3.63, 3.8) is 0 Å². The molecule has 0 spiro atoms. The average Bonchev–Trinajstić information content (AvgIpc) is 3.02. The maximum absolute atomic E-state index is 7.12. The van der Waals surface area contributed by atoms with E-state index >= 15 is 0 Å². The van der Waals surface area contributed by atoms with Crippen molar-refractivity contribution in [2.24, 2.45) is 11.3 Å². The second kappa shape index (κ2) is 6.97. The van der Waals surface area contributed by atoms with Crippen molar-refractivity contribution in [3.05, 3.63) is 40.5 Å². The van der Waals surface area contributed by atoms with Crippen molar-refractivity contribution in [1.29, 1.82) is 0 Å². The monoisotopic (exact) mass is 438 g/mol. The van der Waals surface area contributed by atoms with Crippen LogP contribution in [-0.4, -0.2) is 21.5 Å². The minimum Gasteiger partial charge on any atom is -0.497 e. The van der Waals surface area contributed by atoms with Gasteiger partial charge in [0.2, 0.25) is 0 Å². The van der Waals surface area contributed by atoms with Crippen LogP contribution in [0.25, 0.3) is 0 Å². The number of benzene rings is 1. The number of ether oxygens (including phenoxy) is 1. The van der Waals surface area contributed by atoms with Crippen LogP contribution in [0.1, 0.15) is 83.8 Å². The topological polar surface area (TPSA) is 18.5 Å². The van der Waals surface area contributed by atoms with Crippen molar-refractivity contribution in [3.8, 4) is 5.75 Å². The van der Waals surface area contributed by atoms with E-state index in [1.807, 2.05) is 11.1 Å². The first-order valence-corrected chi connectivity index (χ1v) is 15.5. The second-order valence-corrected chi connectivity index (χ2v) is 17.4. The lowest BCUT2D eigenvalue weighted by Gasteiger charge is -2.56. The first-order valence-electron chi connectivity index (χ1n) is 12.6. The fourth-order valence-electron chi connectivity index (χ4n) is 7.35. The highest BCUT2D eigenvalue weighted by Crippen LogP contribution is 2.65. The molecule has 5 rings (SSSR count). The second-order valence-electron chi connectivity index (χ2n) is 12.6. The molecule has 3 heteroatoms. The zero-order valence-corrected chi connectivity index (χ0v) is 21.9. The molecule has 0 aliphatic heterocycles. The molecule has 0 saturated heterocycles. The molecule has 0 radical (unpaired) electrons. The lowest BCUT2D eigenvalue weighted by atomic mass is 9.49. The summed E-state index contributed by atoms with van der Waals surface area (Å²) in [6.45, 7) is 14.6. The summed E-state index contributed by atoms with van der Waals surface area (Å²) in [5.74, 6) is 1.75. The number of methoxy groups -OCH3 is 1. The molecular weight excluding hydrogens is 396 g/mol. The Kier molecular flexibility index (Phi) is 4.89. The minimum atomic E-state index is -1.77. The molecule has 2 fully saturated rings. The Morgan fingerprint density at radius 1 is 1.06 bits per heavy atom. The minimum absolute atomic E-state index is 0.244. The van der Waals surface area contributed by atoms with Crippen LogP contribution in [0, 0.1) is 11.3 Å². The molecule has 0 aromatic heterocycles. The molecule has 4 atom stereocenters. The van der Waals surface area contributed by atoms with Crippen molar-refractivity contribution < 1.29 is 9.16 Å². The van der Waals surface area contributed by atoms with Gasteiger partial charge < -0.3 is 9.16 Å². The van der Waals surface area contributed by atoms with Gasteiger partial charge in [0.1, 0.15) is 5.75 Å². The third kappa shape index (κ3) is 3.05. The lowest BCUT2D eigenvalue weighted by Crippen LogP contribution is -2.51. The normalized spacial score (nSPS) is 34.8. The molecule has 4 aliphatic carbocycles. The van der Waals surface area contributed by atoms with Crippen LogP contribution in [-0.2, 0) is 16.3 Å². The van der Waals surface area contributed by atoms with Crippen molar-refractivity contribution >= 4 is 8.32 Å². The van der Waals surface area contributed by atoms with Crippen molar-refractivity contribution in [1.82, 2.24) is 0 Å². The van der Waals surface area contributed by atoms with Gasteiger partial charge in [0.25, 0.3) is 0 Å². The standard InChI is InChI=1S/C28H42O2Si/c1-26(2,3)31(6,7)30-24-13-12-23-25-19-9-8-14-28(25,16-15-27(23,24)4)22-11-10-21(29-5)18-20(22)17-19/h10-11,18-19,24H,8-9,12-17H2,1-7H3/t19-,24+,27+,28-/m1/s1. The Labute approximate surface area is 190 Å². The maximum Gasteiger partial charge on any atom is 0.192 e. The molecule has 0 amide bonds. The Morgan fingerprint density at radius 3 is 2.55 bits per heavy atom. The number of hydrogen-bond donors (Lipinski definition) is 0. The molecule has 2 bridgehead atoms. The van der Waals surface area contributed by atoms with Gasteiger partial charge in [-0.25, -0.2) is 0 Å². The Balaban J connectivity index is 1.58. The van der Waals surface area contributed by atoms with E-state index < -0.39 is 8.32 Å². The fourth-order valence-corrected chi connectivity index (χ4v) is 8.80. The highest BCUT2D eigenvalue weighted by Gasteiger charge is 2.58. The van der Waals surface area contributed by atoms with E-state index in [4.69, 9.17) is 9.16 Å². The van der Waals surface area contributed by atoms with E-state index in [1.54, 1.807) is 18.2 Å². The van der Waals surface area contributed by atoms with Gasteiger partial charge in [-0.05, 0) is 92.3 Å². The lowest BCUT2D eigenvalue weighted by molar-refractivity contribution is 0.0677. The molecule has 0 N–H and O–H groups in total. The number of allylic oxidation sites excluding steroid dienone is 1. The van der Waals surface area contributed by atoms with Crippen LogP contribution in [0.2, 0.25) is 18.1 Å². The summed E-state index contributed by atoms with van der Waals surface area (Å²) < 4.78 is 12.7. The van der Waals surface area contributed by atoms with Crippen LogP contribution >= 0.6 is 0 Å². The molecule has 2 saturated carbocycles. The highest BCUT2D eigenvalue weighted by atomic mass is 28.4. The van der Waals surface area contributed by atoms with Gasteiger partial charge in [0.15, 0.2) is 8.32 Å². The summed E-state index contributed by atoms with van der Waals surface area (Å²) in [5, 5.41) is 0.272. The summed E-state index contributed by atoms with van der Waals surface area (Å²) in [4.78, 5) is 0. The molecule has 1 aromatic rings. The molecule has 31 heavy (non-hydrogen) atoms. The highest BCUT2D eigenvalue weighted by molar-refractivity contribution is 6.74. The van der Waals surface area contributed by atoms with Gasteiger partial charge in [-0.1, -0.05) is 51.3 Å². The average molecular weight is 439 g/mol. The summed E-state index contributed by atoms with van der Waals surface area (Å²) in [6, 6.07) is 6.96. The predicted octanol–water partition coefficient (Wildman–Crippen LogP) is 7.57. The number of rotatable bonds is 3. The van der Waals surface area contributed by atoms with Crippen LogP contribution in [0.15, 0.2) is 29.3 Å². The molecular formula is C28H42O2Si. The third-order valence-corrected chi connectivity index (χ3v) is 14.6. The van der Waals surface area contributed by atoms with E-state index in [0.717, 1.165) is 11.7 Å². The predicted molar refractivity (Wildman–Crippen MR) is 131 cm³/mol. The zero-order valence-electron chi connectivity index (χ0n) is 20.9. The molecule has 0 heterocycles. The summed E-state index contributed by atoms with van der Waals surface area (Å²) >= 11 is 0. The number of fused-ring (bicyclic) bond motifs is 2. The van der Waals surface area contributed by atoms with Gasteiger partial charge >= 0.3 is 0 Å². The van der Waals surface area contributed by atoms with Crippen LogP contribution in [0.5, 0.6) is 5.75 Å². The van der Waals surface area contributed by atoms with Gasteiger partial charge in [0, 0.05) is 10.8 Å². The summed E-state index contributed by atoms with van der Waals surface area (Å²) in [5.41, 5.74) is 7.41. The van der Waals surface area contributed by atoms with Crippen molar-refractivity contribution in [2.45, 2.75) is 109 Å².